The van der Waals surface area contributed by atoms with Gasteiger partial charge in [0.1, 0.15) is 0 Å². The molecule has 0 aromatic heterocycles. The minimum atomic E-state index is -0.275. The highest BCUT2D eigenvalue weighted by Gasteiger charge is 2.28. The van der Waals surface area contributed by atoms with Gasteiger partial charge in [0.2, 0.25) is 0 Å². The van der Waals surface area contributed by atoms with Crippen molar-refractivity contribution in [1.29, 1.82) is 0 Å². The van der Waals surface area contributed by atoms with Gasteiger partial charge in [-0.1, -0.05) is 19.3 Å². The molecule has 4 heteroatoms. The molecule has 0 amide bonds. The van der Waals surface area contributed by atoms with E-state index in [4.69, 9.17) is 21.6 Å². The number of terminal acetylenes is 1. The Hall–Kier alpha value is -0.600. The van der Waals surface area contributed by atoms with E-state index in [0.717, 1.165) is 12.8 Å². The minimum absolute atomic E-state index is 0.0444. The SMILES string of the molecule is C#CC(CCC)NC(C)(CN)CC(OC)OC. The highest BCUT2D eigenvalue weighted by molar-refractivity contribution is 5.02. The lowest BCUT2D eigenvalue weighted by Gasteiger charge is -2.34. The number of ether oxygens (including phenoxy) is 2. The first kappa shape index (κ1) is 16.4. The Morgan fingerprint density at radius 1 is 1.41 bits per heavy atom. The lowest BCUT2D eigenvalue weighted by atomic mass is 9.95. The van der Waals surface area contributed by atoms with Crippen LogP contribution < -0.4 is 11.1 Å². The van der Waals surface area contributed by atoms with Crippen LogP contribution in [0.5, 0.6) is 0 Å². The van der Waals surface area contributed by atoms with Crippen LogP contribution in [0.3, 0.4) is 0 Å². The molecular weight excluding hydrogens is 216 g/mol. The second-order valence-electron chi connectivity index (χ2n) is 4.52. The van der Waals surface area contributed by atoms with Gasteiger partial charge in [-0.3, -0.25) is 5.32 Å². The molecule has 0 bridgehead atoms. The Kier molecular flexibility index (Phi) is 8.19. The average molecular weight is 242 g/mol. The van der Waals surface area contributed by atoms with Crippen LogP contribution in [0.2, 0.25) is 0 Å². The van der Waals surface area contributed by atoms with Crippen molar-refractivity contribution in [1.82, 2.24) is 5.32 Å². The van der Waals surface area contributed by atoms with E-state index >= 15 is 0 Å². The maximum absolute atomic E-state index is 5.82. The van der Waals surface area contributed by atoms with Crippen LogP contribution in [0.1, 0.15) is 33.1 Å². The first-order valence-corrected chi connectivity index (χ1v) is 6.04. The molecule has 0 spiro atoms. The van der Waals surface area contributed by atoms with Gasteiger partial charge in [-0.25, -0.2) is 0 Å². The number of hydrogen-bond acceptors (Lipinski definition) is 4. The van der Waals surface area contributed by atoms with E-state index in [9.17, 15) is 0 Å². The van der Waals surface area contributed by atoms with Crippen molar-refractivity contribution in [2.24, 2.45) is 5.73 Å². The fourth-order valence-electron chi connectivity index (χ4n) is 1.74. The van der Waals surface area contributed by atoms with E-state index in [-0.39, 0.29) is 17.9 Å². The first-order chi connectivity index (χ1) is 8.05. The summed E-state index contributed by atoms with van der Waals surface area (Å²) in [7, 11) is 3.24. The van der Waals surface area contributed by atoms with Gasteiger partial charge in [-0.2, -0.15) is 0 Å². The van der Waals surface area contributed by atoms with Gasteiger partial charge in [0.05, 0.1) is 6.04 Å². The summed E-state index contributed by atoms with van der Waals surface area (Å²) in [6.07, 6.45) is 7.88. The first-order valence-electron chi connectivity index (χ1n) is 6.04. The Bertz CT molecular complexity index is 236. The van der Waals surface area contributed by atoms with Crippen LogP contribution >= 0.6 is 0 Å². The maximum Gasteiger partial charge on any atom is 0.158 e. The molecule has 0 fully saturated rings. The summed E-state index contributed by atoms with van der Waals surface area (Å²) >= 11 is 0. The molecule has 3 N–H and O–H groups in total. The second-order valence-corrected chi connectivity index (χ2v) is 4.52. The van der Waals surface area contributed by atoms with E-state index in [2.05, 4.69) is 18.2 Å². The Morgan fingerprint density at radius 3 is 2.35 bits per heavy atom. The molecule has 0 aliphatic heterocycles. The van der Waals surface area contributed by atoms with Crippen molar-refractivity contribution >= 4 is 0 Å². The fraction of sp³-hybridized carbons (Fsp3) is 0.846. The van der Waals surface area contributed by atoms with Crippen molar-refractivity contribution in [3.8, 4) is 12.3 Å². The van der Waals surface area contributed by atoms with Crippen LogP contribution in [0.15, 0.2) is 0 Å². The summed E-state index contributed by atoms with van der Waals surface area (Å²) in [6.45, 7) is 4.63. The third-order valence-electron chi connectivity index (χ3n) is 2.89. The standard InChI is InChI=1S/C13H26N2O2/c1-6-8-11(7-2)15-13(3,10-14)9-12(16-4)17-5/h2,11-12,15H,6,8-10,14H2,1,3-5H3. The predicted octanol–water partition coefficient (Wildman–Crippen LogP) is 1.10. The number of nitrogens with one attached hydrogen (secondary N) is 1. The molecule has 0 aromatic carbocycles. The van der Waals surface area contributed by atoms with Crippen molar-refractivity contribution in [2.75, 3.05) is 20.8 Å². The van der Waals surface area contributed by atoms with Crippen LogP contribution in [-0.2, 0) is 9.47 Å². The maximum atomic E-state index is 5.82. The molecule has 0 radical (unpaired) electrons. The molecule has 0 aromatic rings. The summed E-state index contributed by atoms with van der Waals surface area (Å²) in [6, 6.07) is 0.0444. The van der Waals surface area contributed by atoms with Gasteiger partial charge in [-0.05, 0) is 13.3 Å². The Labute approximate surface area is 105 Å². The molecule has 0 rings (SSSR count). The zero-order chi connectivity index (χ0) is 13.3. The molecule has 0 heterocycles. The van der Waals surface area contributed by atoms with Crippen LogP contribution in [0.4, 0.5) is 0 Å². The van der Waals surface area contributed by atoms with Gasteiger partial charge >= 0.3 is 0 Å². The van der Waals surface area contributed by atoms with Crippen molar-refractivity contribution in [3.05, 3.63) is 0 Å². The van der Waals surface area contributed by atoms with Gasteiger partial charge in [0, 0.05) is 32.7 Å². The zero-order valence-electron chi connectivity index (χ0n) is 11.5. The average Bonchev–Trinajstić information content (AvgIpc) is 2.35. The topological polar surface area (TPSA) is 56.5 Å². The van der Waals surface area contributed by atoms with Gasteiger partial charge in [0.25, 0.3) is 0 Å². The minimum Gasteiger partial charge on any atom is -0.356 e. The van der Waals surface area contributed by atoms with E-state index in [0.29, 0.717) is 13.0 Å². The molecule has 2 unspecified atom stereocenters. The molecule has 0 saturated heterocycles. The largest absolute Gasteiger partial charge is 0.356 e. The molecule has 2 atom stereocenters. The van der Waals surface area contributed by atoms with E-state index in [1.807, 2.05) is 6.92 Å². The van der Waals surface area contributed by atoms with Crippen LogP contribution in [-0.4, -0.2) is 38.6 Å². The van der Waals surface area contributed by atoms with Gasteiger partial charge in [-0.15, -0.1) is 6.42 Å². The number of nitrogens with two attached hydrogens (primary N) is 1. The fourth-order valence-corrected chi connectivity index (χ4v) is 1.74. The zero-order valence-corrected chi connectivity index (χ0v) is 11.5. The predicted molar refractivity (Wildman–Crippen MR) is 70.5 cm³/mol. The lowest BCUT2D eigenvalue weighted by molar-refractivity contribution is -0.117. The van der Waals surface area contributed by atoms with Gasteiger partial charge < -0.3 is 15.2 Å². The quantitative estimate of drug-likeness (QED) is 0.470. The van der Waals surface area contributed by atoms with Gasteiger partial charge in [0.15, 0.2) is 6.29 Å². The number of methoxy groups -OCH3 is 2. The summed E-state index contributed by atoms with van der Waals surface area (Å²) < 4.78 is 10.4. The van der Waals surface area contributed by atoms with E-state index < -0.39 is 0 Å². The Morgan fingerprint density at radius 2 is 2.00 bits per heavy atom. The molecule has 0 aliphatic rings. The third kappa shape index (κ3) is 6.04. The highest BCUT2D eigenvalue weighted by Crippen LogP contribution is 2.15. The summed E-state index contributed by atoms with van der Waals surface area (Å²) in [5.74, 6) is 2.75. The van der Waals surface area contributed by atoms with Crippen molar-refractivity contribution < 1.29 is 9.47 Å². The smallest absolute Gasteiger partial charge is 0.158 e. The van der Waals surface area contributed by atoms with Crippen LogP contribution in [0, 0.1) is 12.3 Å². The van der Waals surface area contributed by atoms with Crippen molar-refractivity contribution in [2.45, 2.75) is 51.0 Å². The highest BCUT2D eigenvalue weighted by atomic mass is 16.7. The molecule has 100 valence electrons. The summed E-state index contributed by atoms with van der Waals surface area (Å²) in [5.41, 5.74) is 5.55. The number of hydrogen-bond donors (Lipinski definition) is 2. The van der Waals surface area contributed by atoms with Crippen LogP contribution in [0.25, 0.3) is 0 Å². The molecule has 0 saturated carbocycles. The molecule has 17 heavy (non-hydrogen) atoms. The number of rotatable bonds is 9. The normalized spacial score (nSPS) is 16.5. The molecular formula is C13H26N2O2. The Balaban J connectivity index is 4.49. The molecule has 0 aliphatic carbocycles. The van der Waals surface area contributed by atoms with E-state index in [1.54, 1.807) is 14.2 Å². The lowest BCUT2D eigenvalue weighted by Crippen LogP contribution is -2.54. The second kappa shape index (κ2) is 8.48. The summed E-state index contributed by atoms with van der Waals surface area (Å²) in [5, 5.41) is 3.41. The van der Waals surface area contributed by atoms with Crippen molar-refractivity contribution in [3.63, 3.8) is 0 Å². The monoisotopic (exact) mass is 242 g/mol. The van der Waals surface area contributed by atoms with E-state index in [1.165, 1.54) is 0 Å². The summed E-state index contributed by atoms with van der Waals surface area (Å²) in [4.78, 5) is 0. The third-order valence-corrected chi connectivity index (χ3v) is 2.89. The molecule has 4 nitrogen and oxygen atoms in total.